The normalized spacial score (nSPS) is 23.6. The minimum atomic E-state index is -0.00171. The Morgan fingerprint density at radius 2 is 1.96 bits per heavy atom. The van der Waals surface area contributed by atoms with Gasteiger partial charge in [-0.2, -0.15) is 0 Å². The third-order valence-corrected chi connectivity index (χ3v) is 5.28. The molecule has 3 rings (SSSR count). The molecule has 1 aromatic rings. The largest absolute Gasteiger partial charge is 0.351 e. The van der Waals surface area contributed by atoms with Crippen molar-refractivity contribution >= 4 is 5.91 Å². The Balaban J connectivity index is 1.71. The number of hydrogen-bond donors (Lipinski definition) is 1. The summed E-state index contributed by atoms with van der Waals surface area (Å²) in [5.41, 5.74) is 2.15. The topological polar surface area (TPSA) is 45.2 Å². The molecule has 0 aromatic carbocycles. The lowest BCUT2D eigenvalue weighted by atomic mass is 10.0. The van der Waals surface area contributed by atoms with E-state index in [1.54, 1.807) is 6.92 Å². The maximum Gasteiger partial charge on any atom is 0.217 e. The van der Waals surface area contributed by atoms with Crippen LogP contribution in [0.2, 0.25) is 0 Å². The second-order valence-electron chi connectivity index (χ2n) is 7.00. The fraction of sp³-hybridized carbons (Fsp3) is 0.684. The van der Waals surface area contributed by atoms with E-state index in [2.05, 4.69) is 22.3 Å². The molecule has 2 aliphatic rings. The summed E-state index contributed by atoms with van der Waals surface area (Å²) in [6, 6.07) is 7.46. The number of carbonyl (C=O) groups is 1. The predicted molar refractivity (Wildman–Crippen MR) is 91.9 cm³/mol. The molecular weight excluding hydrogens is 286 g/mol. The molecule has 1 N–H and O–H groups in total. The third kappa shape index (κ3) is 4.31. The van der Waals surface area contributed by atoms with E-state index in [1.807, 2.05) is 6.07 Å². The standard InChI is InChI=1S/C19H29N3O/c1-15(23)20-14-16-8-6-11-18(21-16)19-12-7-13-22(19)17-9-4-2-3-5-10-17/h6,8,11,17,19H,2-5,7,9-10,12-14H2,1H3,(H,20,23)/t19-/m1/s1. The Bertz CT molecular complexity index is 523. The van der Waals surface area contributed by atoms with Crippen molar-refractivity contribution in [2.24, 2.45) is 0 Å². The van der Waals surface area contributed by atoms with Crippen molar-refractivity contribution in [3.63, 3.8) is 0 Å². The van der Waals surface area contributed by atoms with Crippen molar-refractivity contribution in [3.8, 4) is 0 Å². The zero-order chi connectivity index (χ0) is 16.1. The molecule has 0 unspecified atom stereocenters. The highest BCUT2D eigenvalue weighted by Gasteiger charge is 2.32. The first-order valence-electron chi connectivity index (χ1n) is 9.20. The number of nitrogens with zero attached hydrogens (tertiary/aromatic N) is 2. The highest BCUT2D eigenvalue weighted by atomic mass is 16.1. The highest BCUT2D eigenvalue weighted by Crippen LogP contribution is 2.36. The Labute approximate surface area is 139 Å². The number of aromatic nitrogens is 1. The van der Waals surface area contributed by atoms with Crippen LogP contribution < -0.4 is 5.32 Å². The van der Waals surface area contributed by atoms with E-state index in [0.717, 1.165) is 11.7 Å². The van der Waals surface area contributed by atoms with Crippen molar-refractivity contribution in [2.45, 2.75) is 76.9 Å². The van der Waals surface area contributed by atoms with Gasteiger partial charge in [-0.15, -0.1) is 0 Å². The van der Waals surface area contributed by atoms with Crippen molar-refractivity contribution < 1.29 is 4.79 Å². The first-order valence-corrected chi connectivity index (χ1v) is 9.20. The molecule has 23 heavy (non-hydrogen) atoms. The number of hydrogen-bond acceptors (Lipinski definition) is 3. The minimum Gasteiger partial charge on any atom is -0.351 e. The van der Waals surface area contributed by atoms with Gasteiger partial charge in [-0.05, 0) is 44.4 Å². The van der Waals surface area contributed by atoms with Gasteiger partial charge in [0.1, 0.15) is 0 Å². The van der Waals surface area contributed by atoms with Crippen molar-refractivity contribution in [3.05, 3.63) is 29.6 Å². The van der Waals surface area contributed by atoms with E-state index < -0.39 is 0 Å². The van der Waals surface area contributed by atoms with Crippen LogP contribution >= 0.6 is 0 Å². The van der Waals surface area contributed by atoms with Gasteiger partial charge in [-0.1, -0.05) is 31.7 Å². The molecular formula is C19H29N3O. The summed E-state index contributed by atoms with van der Waals surface area (Å²) in [6.07, 6.45) is 10.8. The zero-order valence-corrected chi connectivity index (χ0v) is 14.3. The highest BCUT2D eigenvalue weighted by molar-refractivity contribution is 5.72. The summed E-state index contributed by atoms with van der Waals surface area (Å²) >= 11 is 0. The molecule has 2 fully saturated rings. The smallest absolute Gasteiger partial charge is 0.217 e. The van der Waals surface area contributed by atoms with Crippen LogP contribution in [0.1, 0.15) is 75.7 Å². The Hall–Kier alpha value is -1.42. The number of pyridine rings is 1. The van der Waals surface area contributed by atoms with Gasteiger partial charge in [-0.25, -0.2) is 0 Å². The quantitative estimate of drug-likeness (QED) is 0.864. The fourth-order valence-corrected chi connectivity index (χ4v) is 4.13. The van der Waals surface area contributed by atoms with Gasteiger partial charge < -0.3 is 5.32 Å². The summed E-state index contributed by atoms with van der Waals surface area (Å²) in [4.78, 5) is 18.7. The van der Waals surface area contributed by atoms with Crippen LogP contribution in [0, 0.1) is 0 Å². The van der Waals surface area contributed by atoms with E-state index in [9.17, 15) is 4.79 Å². The Morgan fingerprint density at radius 3 is 2.70 bits per heavy atom. The van der Waals surface area contributed by atoms with Crippen LogP contribution in [0.4, 0.5) is 0 Å². The molecule has 1 saturated carbocycles. The van der Waals surface area contributed by atoms with Crippen molar-refractivity contribution in [2.75, 3.05) is 6.54 Å². The molecule has 0 bridgehead atoms. The second kappa shape index (κ2) is 7.91. The molecule has 1 atom stereocenters. The zero-order valence-electron chi connectivity index (χ0n) is 14.3. The van der Waals surface area contributed by atoms with E-state index >= 15 is 0 Å². The average molecular weight is 315 g/mol. The van der Waals surface area contributed by atoms with Crippen molar-refractivity contribution in [1.82, 2.24) is 15.2 Å². The third-order valence-electron chi connectivity index (χ3n) is 5.28. The molecule has 0 radical (unpaired) electrons. The molecule has 0 spiro atoms. The monoisotopic (exact) mass is 315 g/mol. The second-order valence-corrected chi connectivity index (χ2v) is 7.00. The predicted octanol–water partition coefficient (Wildman–Crippen LogP) is 3.58. The lowest BCUT2D eigenvalue weighted by Crippen LogP contribution is -2.35. The van der Waals surface area contributed by atoms with Gasteiger partial charge in [0.25, 0.3) is 0 Å². The van der Waals surface area contributed by atoms with Gasteiger partial charge in [0.15, 0.2) is 0 Å². The van der Waals surface area contributed by atoms with E-state index in [0.29, 0.717) is 12.6 Å². The summed E-state index contributed by atoms with van der Waals surface area (Å²) in [5, 5.41) is 2.85. The van der Waals surface area contributed by atoms with E-state index in [4.69, 9.17) is 4.98 Å². The van der Waals surface area contributed by atoms with Crippen LogP contribution in [0.15, 0.2) is 18.2 Å². The number of likely N-dealkylation sites (tertiary alicyclic amines) is 1. The van der Waals surface area contributed by atoms with Crippen LogP contribution in [0.5, 0.6) is 0 Å². The SMILES string of the molecule is CC(=O)NCc1cccc([C@H]2CCCN2C2CCCCCC2)n1. The van der Waals surface area contributed by atoms with Gasteiger partial charge >= 0.3 is 0 Å². The molecule has 1 amide bonds. The summed E-state index contributed by atoms with van der Waals surface area (Å²) in [7, 11) is 0. The number of carbonyl (C=O) groups excluding carboxylic acids is 1. The molecule has 4 nitrogen and oxygen atoms in total. The summed E-state index contributed by atoms with van der Waals surface area (Å²) in [5.74, 6) is -0.00171. The summed E-state index contributed by atoms with van der Waals surface area (Å²) in [6.45, 7) is 3.29. The van der Waals surface area contributed by atoms with Gasteiger partial charge in [0.2, 0.25) is 5.91 Å². The molecule has 1 aliphatic carbocycles. The van der Waals surface area contributed by atoms with Crippen LogP contribution in [0.3, 0.4) is 0 Å². The maximum absolute atomic E-state index is 11.1. The Kier molecular flexibility index (Phi) is 5.65. The van der Waals surface area contributed by atoms with Crippen LogP contribution in [0.25, 0.3) is 0 Å². The lowest BCUT2D eigenvalue weighted by molar-refractivity contribution is -0.119. The molecule has 126 valence electrons. The average Bonchev–Trinajstić information content (AvgIpc) is 2.89. The fourth-order valence-electron chi connectivity index (χ4n) is 4.13. The minimum absolute atomic E-state index is 0.00171. The van der Waals surface area contributed by atoms with E-state index in [1.165, 1.54) is 63.6 Å². The van der Waals surface area contributed by atoms with Crippen molar-refractivity contribution in [1.29, 1.82) is 0 Å². The maximum atomic E-state index is 11.1. The Morgan fingerprint density at radius 1 is 1.17 bits per heavy atom. The van der Waals surface area contributed by atoms with Gasteiger partial charge in [-0.3, -0.25) is 14.7 Å². The molecule has 1 aromatic heterocycles. The van der Waals surface area contributed by atoms with Crippen LogP contribution in [-0.4, -0.2) is 28.4 Å². The number of nitrogens with one attached hydrogen (secondary N) is 1. The first kappa shape index (κ1) is 16.4. The molecule has 1 aliphatic heterocycles. The molecule has 2 heterocycles. The molecule has 1 saturated heterocycles. The first-order chi connectivity index (χ1) is 11.2. The lowest BCUT2D eigenvalue weighted by Gasteiger charge is -2.32. The number of amides is 1. The van der Waals surface area contributed by atoms with Gasteiger partial charge in [0, 0.05) is 13.0 Å². The molecule has 4 heteroatoms. The van der Waals surface area contributed by atoms with E-state index in [-0.39, 0.29) is 5.91 Å². The van der Waals surface area contributed by atoms with Gasteiger partial charge in [0.05, 0.1) is 24.0 Å². The van der Waals surface area contributed by atoms with Crippen LogP contribution in [-0.2, 0) is 11.3 Å². The summed E-state index contributed by atoms with van der Waals surface area (Å²) < 4.78 is 0. The number of rotatable bonds is 4.